The highest BCUT2D eigenvalue weighted by atomic mass is 32.2. The Balaban J connectivity index is 1.70. The summed E-state index contributed by atoms with van der Waals surface area (Å²) in [6.07, 6.45) is 1.71. The third-order valence-corrected chi connectivity index (χ3v) is 4.54. The average Bonchev–Trinajstić information content (AvgIpc) is 3.14. The Hall–Kier alpha value is -2.15. The number of aromatic nitrogens is 5. The fourth-order valence-electron chi connectivity index (χ4n) is 2.45. The van der Waals surface area contributed by atoms with Crippen molar-refractivity contribution in [3.63, 3.8) is 0 Å². The second-order valence-corrected chi connectivity index (χ2v) is 7.23. The predicted octanol–water partition coefficient (Wildman–Crippen LogP) is 3.89. The van der Waals surface area contributed by atoms with Gasteiger partial charge < -0.3 is 4.42 Å². The van der Waals surface area contributed by atoms with Gasteiger partial charge in [-0.15, -0.1) is 5.10 Å². The van der Waals surface area contributed by atoms with Gasteiger partial charge in [0.1, 0.15) is 6.26 Å². The number of hydrogen-bond donors (Lipinski definition) is 0. The number of thioether (sulfide) groups is 1. The largest absolute Gasteiger partial charge is 0.444 e. The summed E-state index contributed by atoms with van der Waals surface area (Å²) < 4.78 is 7.49. The van der Waals surface area contributed by atoms with Crippen LogP contribution in [-0.2, 0) is 12.3 Å². The normalized spacial score (nSPS) is 11.4. The van der Waals surface area contributed by atoms with Gasteiger partial charge in [0.2, 0.25) is 11.0 Å². The highest BCUT2D eigenvalue weighted by molar-refractivity contribution is 7.98. The third kappa shape index (κ3) is 3.84. The SMILES string of the molecule is Cc1ccc(-c2nc(CSc3nnnn3CC(C)C)co2)c(C)c1. The minimum absolute atomic E-state index is 0.496. The topological polar surface area (TPSA) is 69.6 Å². The molecular formula is C17H21N5OS. The summed E-state index contributed by atoms with van der Waals surface area (Å²) in [6, 6.07) is 6.26. The molecule has 3 rings (SSSR count). The van der Waals surface area contributed by atoms with Crippen LogP contribution in [-0.4, -0.2) is 25.2 Å². The van der Waals surface area contributed by atoms with Crippen LogP contribution in [0, 0.1) is 19.8 Å². The molecule has 0 aliphatic carbocycles. The van der Waals surface area contributed by atoms with E-state index in [0.29, 0.717) is 17.6 Å². The Kier molecular flexibility index (Phi) is 4.99. The maximum Gasteiger partial charge on any atom is 0.226 e. The molecule has 0 N–H and O–H groups in total. The molecule has 3 aromatic rings. The summed E-state index contributed by atoms with van der Waals surface area (Å²) in [7, 11) is 0. The Morgan fingerprint density at radius 2 is 2.08 bits per heavy atom. The summed E-state index contributed by atoms with van der Waals surface area (Å²) in [5, 5.41) is 12.7. The van der Waals surface area contributed by atoms with Crippen molar-refractivity contribution < 1.29 is 4.42 Å². The summed E-state index contributed by atoms with van der Waals surface area (Å²) in [5.74, 6) is 1.83. The van der Waals surface area contributed by atoms with E-state index in [0.717, 1.165) is 28.5 Å². The first-order valence-electron chi connectivity index (χ1n) is 7.94. The van der Waals surface area contributed by atoms with Crippen LogP contribution >= 0.6 is 11.8 Å². The summed E-state index contributed by atoms with van der Waals surface area (Å²) in [6.45, 7) is 9.24. The van der Waals surface area contributed by atoms with Gasteiger partial charge in [-0.25, -0.2) is 9.67 Å². The second-order valence-electron chi connectivity index (χ2n) is 6.29. The van der Waals surface area contributed by atoms with Gasteiger partial charge in [0.05, 0.1) is 5.69 Å². The molecule has 0 spiro atoms. The molecule has 126 valence electrons. The van der Waals surface area contributed by atoms with Crippen LogP contribution < -0.4 is 0 Å². The maximum absolute atomic E-state index is 5.65. The lowest BCUT2D eigenvalue weighted by Gasteiger charge is -2.05. The molecule has 0 saturated carbocycles. The highest BCUT2D eigenvalue weighted by Crippen LogP contribution is 2.26. The van der Waals surface area contributed by atoms with Gasteiger partial charge in [0, 0.05) is 17.9 Å². The first kappa shape index (κ1) is 16.7. The number of benzene rings is 1. The average molecular weight is 343 g/mol. The lowest BCUT2D eigenvalue weighted by Crippen LogP contribution is -2.07. The van der Waals surface area contributed by atoms with Gasteiger partial charge in [-0.1, -0.05) is 43.3 Å². The van der Waals surface area contributed by atoms with Crippen LogP contribution in [0.5, 0.6) is 0 Å². The molecule has 0 saturated heterocycles. The van der Waals surface area contributed by atoms with E-state index in [9.17, 15) is 0 Å². The third-order valence-electron chi connectivity index (χ3n) is 3.55. The molecule has 6 nitrogen and oxygen atoms in total. The molecular weight excluding hydrogens is 322 g/mol. The predicted molar refractivity (Wildman–Crippen MR) is 93.6 cm³/mol. The number of rotatable bonds is 6. The van der Waals surface area contributed by atoms with Gasteiger partial charge in [-0.2, -0.15) is 0 Å². The van der Waals surface area contributed by atoms with Crippen molar-refractivity contribution in [1.29, 1.82) is 0 Å². The number of tetrazole rings is 1. The van der Waals surface area contributed by atoms with Crippen molar-refractivity contribution in [2.24, 2.45) is 5.92 Å². The summed E-state index contributed by atoms with van der Waals surface area (Å²) in [5.41, 5.74) is 4.31. The minimum Gasteiger partial charge on any atom is -0.444 e. The summed E-state index contributed by atoms with van der Waals surface area (Å²) >= 11 is 1.57. The van der Waals surface area contributed by atoms with E-state index < -0.39 is 0 Å². The van der Waals surface area contributed by atoms with Crippen molar-refractivity contribution >= 4 is 11.8 Å². The van der Waals surface area contributed by atoms with Crippen LogP contribution in [0.1, 0.15) is 30.7 Å². The first-order valence-corrected chi connectivity index (χ1v) is 8.92. The second kappa shape index (κ2) is 7.17. The number of nitrogens with zero attached hydrogens (tertiary/aromatic N) is 5. The van der Waals surface area contributed by atoms with Gasteiger partial charge in [-0.3, -0.25) is 0 Å². The van der Waals surface area contributed by atoms with Crippen molar-refractivity contribution in [2.75, 3.05) is 0 Å². The van der Waals surface area contributed by atoms with Crippen LogP contribution in [0.25, 0.3) is 11.5 Å². The molecule has 7 heteroatoms. The zero-order valence-corrected chi connectivity index (χ0v) is 15.2. The molecule has 0 bridgehead atoms. The molecule has 0 amide bonds. The van der Waals surface area contributed by atoms with Crippen LogP contribution in [0.3, 0.4) is 0 Å². The first-order chi connectivity index (χ1) is 11.5. The lowest BCUT2D eigenvalue weighted by atomic mass is 10.1. The standard InChI is InChI=1S/C17H21N5OS/c1-11(2)8-22-17(19-20-21-22)24-10-14-9-23-16(18-14)15-6-5-12(3)7-13(15)4/h5-7,9,11H,8,10H2,1-4H3. The van der Waals surface area contributed by atoms with Gasteiger partial charge in [-0.05, 0) is 41.8 Å². The molecule has 0 unspecified atom stereocenters. The molecule has 0 atom stereocenters. The van der Waals surface area contributed by atoms with Crippen molar-refractivity contribution in [1.82, 2.24) is 25.2 Å². The highest BCUT2D eigenvalue weighted by Gasteiger charge is 2.12. The fraction of sp³-hybridized carbons (Fsp3) is 0.412. The number of aryl methyl sites for hydroxylation is 2. The minimum atomic E-state index is 0.496. The van der Waals surface area contributed by atoms with Crippen LogP contribution in [0.15, 0.2) is 34.0 Å². The molecule has 0 radical (unpaired) electrons. The Morgan fingerprint density at radius 3 is 2.83 bits per heavy atom. The monoisotopic (exact) mass is 343 g/mol. The van der Waals surface area contributed by atoms with Crippen molar-refractivity contribution in [3.8, 4) is 11.5 Å². The van der Waals surface area contributed by atoms with E-state index >= 15 is 0 Å². The Bertz CT molecular complexity index is 824. The van der Waals surface area contributed by atoms with Crippen LogP contribution in [0.4, 0.5) is 0 Å². The number of hydrogen-bond acceptors (Lipinski definition) is 6. The molecule has 24 heavy (non-hydrogen) atoms. The van der Waals surface area contributed by atoms with Crippen molar-refractivity contribution in [3.05, 3.63) is 41.3 Å². The van der Waals surface area contributed by atoms with Crippen LogP contribution in [0.2, 0.25) is 0 Å². The van der Waals surface area contributed by atoms with E-state index in [1.54, 1.807) is 18.0 Å². The fourth-order valence-corrected chi connectivity index (χ4v) is 3.21. The zero-order valence-electron chi connectivity index (χ0n) is 14.4. The molecule has 1 aromatic carbocycles. The quantitative estimate of drug-likeness (QED) is 0.632. The van der Waals surface area contributed by atoms with Gasteiger partial charge in [0.15, 0.2) is 0 Å². The lowest BCUT2D eigenvalue weighted by molar-refractivity contribution is 0.445. The summed E-state index contributed by atoms with van der Waals surface area (Å²) in [4.78, 5) is 4.60. The molecule has 0 fully saturated rings. The van der Waals surface area contributed by atoms with E-state index in [1.165, 1.54) is 5.56 Å². The molecule has 2 heterocycles. The smallest absolute Gasteiger partial charge is 0.226 e. The Labute approximate surface area is 145 Å². The molecule has 0 aliphatic rings. The van der Waals surface area contributed by atoms with Crippen molar-refractivity contribution in [2.45, 2.75) is 45.1 Å². The van der Waals surface area contributed by atoms with E-state index in [4.69, 9.17) is 4.42 Å². The Morgan fingerprint density at radius 1 is 1.25 bits per heavy atom. The van der Waals surface area contributed by atoms with Gasteiger partial charge in [0.25, 0.3) is 0 Å². The van der Waals surface area contributed by atoms with E-state index in [1.807, 2.05) is 4.68 Å². The zero-order chi connectivity index (χ0) is 17.1. The van der Waals surface area contributed by atoms with E-state index in [-0.39, 0.29) is 0 Å². The molecule has 0 aliphatic heterocycles. The molecule has 2 aromatic heterocycles. The van der Waals surface area contributed by atoms with E-state index in [2.05, 4.69) is 66.4 Å². The maximum atomic E-state index is 5.65. The van der Waals surface area contributed by atoms with Gasteiger partial charge >= 0.3 is 0 Å². The number of oxazole rings is 1.